The summed E-state index contributed by atoms with van der Waals surface area (Å²) in [5.41, 5.74) is 1.71. The third-order valence-corrected chi connectivity index (χ3v) is 8.89. The molecule has 0 spiro atoms. The Balaban J connectivity index is 2.04. The smallest absolute Gasteiger partial charge is 0.264 e. The van der Waals surface area contributed by atoms with Gasteiger partial charge in [-0.15, -0.1) is 0 Å². The first-order valence-electron chi connectivity index (χ1n) is 12.6. The van der Waals surface area contributed by atoms with Crippen LogP contribution in [-0.4, -0.2) is 43.8 Å². The largest absolute Gasteiger partial charge is 0.352 e. The number of benzene rings is 3. The summed E-state index contributed by atoms with van der Waals surface area (Å²) >= 11 is 12.5. The maximum absolute atomic E-state index is 13.9. The second kappa shape index (κ2) is 13.3. The number of hydrogen-bond donors (Lipinski definition) is 1. The fourth-order valence-corrected chi connectivity index (χ4v) is 5.68. The molecule has 0 aliphatic heterocycles. The predicted octanol–water partition coefficient (Wildman–Crippen LogP) is 5.83. The van der Waals surface area contributed by atoms with E-state index < -0.39 is 28.5 Å². The Labute approximate surface area is 240 Å². The number of rotatable bonds is 11. The van der Waals surface area contributed by atoms with E-state index in [4.69, 9.17) is 23.2 Å². The minimum Gasteiger partial charge on any atom is -0.352 e. The number of carbonyl (C=O) groups excluding carboxylic acids is 2. The number of nitrogens with zero attached hydrogens (tertiary/aromatic N) is 2. The number of halogens is 2. The lowest BCUT2D eigenvalue weighted by Crippen LogP contribution is -2.52. The molecule has 0 aliphatic rings. The van der Waals surface area contributed by atoms with E-state index in [1.165, 1.54) is 23.1 Å². The van der Waals surface area contributed by atoms with Gasteiger partial charge in [-0.25, -0.2) is 8.42 Å². The van der Waals surface area contributed by atoms with E-state index in [1.54, 1.807) is 68.4 Å². The minimum absolute atomic E-state index is 0.0263. The van der Waals surface area contributed by atoms with Crippen LogP contribution in [0.4, 0.5) is 5.69 Å². The van der Waals surface area contributed by atoms with Gasteiger partial charge in [0.2, 0.25) is 11.8 Å². The summed E-state index contributed by atoms with van der Waals surface area (Å²) in [5.74, 6) is -0.895. The van der Waals surface area contributed by atoms with Crippen molar-refractivity contribution in [1.29, 1.82) is 0 Å². The number of sulfonamides is 1. The fraction of sp³-hybridized carbons (Fsp3) is 0.310. The van der Waals surface area contributed by atoms with Crippen LogP contribution in [0.25, 0.3) is 0 Å². The quantitative estimate of drug-likeness (QED) is 0.305. The van der Waals surface area contributed by atoms with Gasteiger partial charge in [0, 0.05) is 22.6 Å². The molecule has 3 aromatic carbocycles. The van der Waals surface area contributed by atoms with Crippen molar-refractivity contribution in [3.05, 3.63) is 94.0 Å². The molecule has 0 heterocycles. The maximum atomic E-state index is 13.9. The van der Waals surface area contributed by atoms with Gasteiger partial charge in [0.15, 0.2) is 0 Å². The van der Waals surface area contributed by atoms with Crippen LogP contribution < -0.4 is 9.62 Å². The molecule has 0 aliphatic carbocycles. The van der Waals surface area contributed by atoms with E-state index in [9.17, 15) is 18.0 Å². The molecule has 1 N–H and O–H groups in total. The summed E-state index contributed by atoms with van der Waals surface area (Å²) in [5, 5.41) is 3.76. The zero-order chi connectivity index (χ0) is 28.7. The number of nitrogens with one attached hydrogen (secondary N) is 1. The minimum atomic E-state index is -4.16. The molecule has 0 aromatic heterocycles. The van der Waals surface area contributed by atoms with Crippen molar-refractivity contribution in [2.45, 2.75) is 57.6 Å². The lowest BCUT2D eigenvalue weighted by atomic mass is 10.1. The lowest BCUT2D eigenvalue weighted by Gasteiger charge is -2.32. The van der Waals surface area contributed by atoms with Gasteiger partial charge in [0.05, 0.1) is 10.6 Å². The molecule has 0 radical (unpaired) electrons. The second-order valence-electron chi connectivity index (χ2n) is 9.40. The first-order chi connectivity index (χ1) is 18.4. The molecule has 0 fully saturated rings. The molecule has 2 amide bonds. The van der Waals surface area contributed by atoms with Crippen molar-refractivity contribution < 1.29 is 18.0 Å². The molecule has 7 nitrogen and oxygen atoms in total. The molecule has 3 rings (SSSR count). The van der Waals surface area contributed by atoms with Crippen LogP contribution in [0.5, 0.6) is 0 Å². The standard InChI is InChI=1S/C29H33Cl2N3O4S/c1-5-21(3)32-29(36)22(4)33(18-23-10-9-11-24(30)16-23)28(35)19-34(25-15-14-20(2)27(31)17-25)39(37,38)26-12-7-6-8-13-26/h6-17,21-22H,5,18-19H2,1-4H3,(H,32,36). The Kier molecular flexibility index (Phi) is 10.4. The Morgan fingerprint density at radius 2 is 1.64 bits per heavy atom. The number of anilines is 1. The third-order valence-electron chi connectivity index (χ3n) is 6.46. The number of carbonyl (C=O) groups is 2. The van der Waals surface area contributed by atoms with Crippen molar-refractivity contribution in [1.82, 2.24) is 10.2 Å². The monoisotopic (exact) mass is 589 g/mol. The van der Waals surface area contributed by atoms with Gasteiger partial charge in [-0.3, -0.25) is 13.9 Å². The fourth-order valence-electron chi connectivity index (χ4n) is 3.87. The summed E-state index contributed by atoms with van der Waals surface area (Å²) in [7, 11) is -4.16. The molecule has 0 saturated carbocycles. The molecule has 208 valence electrons. The Morgan fingerprint density at radius 1 is 0.949 bits per heavy atom. The summed E-state index contributed by atoms with van der Waals surface area (Å²) in [6.07, 6.45) is 0.720. The van der Waals surface area contributed by atoms with Crippen molar-refractivity contribution in [3.63, 3.8) is 0 Å². The molecule has 2 atom stereocenters. The summed E-state index contributed by atoms with van der Waals surface area (Å²) in [4.78, 5) is 28.4. The van der Waals surface area contributed by atoms with Crippen molar-refractivity contribution >= 4 is 50.7 Å². The van der Waals surface area contributed by atoms with E-state index >= 15 is 0 Å². The van der Waals surface area contributed by atoms with Crippen LogP contribution >= 0.6 is 23.2 Å². The van der Waals surface area contributed by atoms with Gasteiger partial charge < -0.3 is 10.2 Å². The topological polar surface area (TPSA) is 86.8 Å². The molecule has 3 aromatic rings. The molecule has 0 saturated heterocycles. The lowest BCUT2D eigenvalue weighted by molar-refractivity contribution is -0.139. The highest BCUT2D eigenvalue weighted by Gasteiger charge is 2.33. The molecule has 2 unspecified atom stereocenters. The average Bonchev–Trinajstić information content (AvgIpc) is 2.91. The Hall–Kier alpha value is -3.07. The van der Waals surface area contributed by atoms with E-state index in [1.807, 2.05) is 13.8 Å². The van der Waals surface area contributed by atoms with Crippen LogP contribution in [0.15, 0.2) is 77.7 Å². The van der Waals surface area contributed by atoms with Crippen LogP contribution in [-0.2, 0) is 26.2 Å². The zero-order valence-corrected chi connectivity index (χ0v) is 24.7. The van der Waals surface area contributed by atoms with Gasteiger partial charge in [-0.2, -0.15) is 0 Å². The van der Waals surface area contributed by atoms with Crippen LogP contribution in [0.3, 0.4) is 0 Å². The van der Waals surface area contributed by atoms with Crippen LogP contribution in [0.1, 0.15) is 38.3 Å². The highest BCUT2D eigenvalue weighted by Crippen LogP contribution is 2.28. The number of amides is 2. The number of aryl methyl sites for hydroxylation is 1. The first kappa shape index (κ1) is 30.5. The SMILES string of the molecule is CCC(C)NC(=O)C(C)N(Cc1cccc(Cl)c1)C(=O)CN(c1ccc(C)c(Cl)c1)S(=O)(=O)c1ccccc1. The molecule has 39 heavy (non-hydrogen) atoms. The Bertz CT molecular complexity index is 1420. The van der Waals surface area contributed by atoms with Crippen molar-refractivity contribution in [3.8, 4) is 0 Å². The van der Waals surface area contributed by atoms with Gasteiger partial charge in [0.25, 0.3) is 10.0 Å². The molecule has 0 bridgehead atoms. The third kappa shape index (κ3) is 7.75. The van der Waals surface area contributed by atoms with E-state index in [-0.39, 0.29) is 29.1 Å². The van der Waals surface area contributed by atoms with Crippen LogP contribution in [0.2, 0.25) is 10.0 Å². The Morgan fingerprint density at radius 3 is 2.26 bits per heavy atom. The zero-order valence-electron chi connectivity index (χ0n) is 22.4. The summed E-state index contributed by atoms with van der Waals surface area (Å²) < 4.78 is 28.6. The van der Waals surface area contributed by atoms with E-state index in [0.29, 0.717) is 15.6 Å². The normalized spacial score (nSPS) is 12.9. The van der Waals surface area contributed by atoms with Gasteiger partial charge in [-0.1, -0.05) is 66.5 Å². The number of hydrogen-bond acceptors (Lipinski definition) is 4. The van der Waals surface area contributed by atoms with E-state index in [2.05, 4.69) is 5.32 Å². The first-order valence-corrected chi connectivity index (χ1v) is 14.8. The molecular weight excluding hydrogens is 557 g/mol. The highest BCUT2D eigenvalue weighted by molar-refractivity contribution is 7.92. The van der Waals surface area contributed by atoms with Gasteiger partial charge in [-0.05, 0) is 74.7 Å². The van der Waals surface area contributed by atoms with Gasteiger partial charge >= 0.3 is 0 Å². The van der Waals surface area contributed by atoms with Crippen molar-refractivity contribution in [2.75, 3.05) is 10.8 Å². The maximum Gasteiger partial charge on any atom is 0.264 e. The second-order valence-corrected chi connectivity index (χ2v) is 12.1. The molecular formula is C29H33Cl2N3O4S. The van der Waals surface area contributed by atoms with E-state index in [0.717, 1.165) is 16.3 Å². The van der Waals surface area contributed by atoms with Crippen molar-refractivity contribution in [2.24, 2.45) is 0 Å². The van der Waals surface area contributed by atoms with Gasteiger partial charge in [0.1, 0.15) is 12.6 Å². The summed E-state index contributed by atoms with van der Waals surface area (Å²) in [6, 6.07) is 18.7. The average molecular weight is 591 g/mol. The highest BCUT2D eigenvalue weighted by atomic mass is 35.5. The predicted molar refractivity (Wildman–Crippen MR) is 157 cm³/mol. The summed E-state index contributed by atoms with van der Waals surface area (Å²) in [6.45, 7) is 6.77. The van der Waals surface area contributed by atoms with Crippen LogP contribution in [0, 0.1) is 6.92 Å². The molecule has 10 heteroatoms.